The van der Waals surface area contributed by atoms with E-state index in [2.05, 4.69) is 11.8 Å². The van der Waals surface area contributed by atoms with Crippen molar-refractivity contribution < 1.29 is 4.39 Å². The van der Waals surface area contributed by atoms with Crippen LogP contribution in [0.2, 0.25) is 0 Å². The van der Waals surface area contributed by atoms with Crippen molar-refractivity contribution in [3.63, 3.8) is 0 Å². The molecule has 0 aromatic heterocycles. The summed E-state index contributed by atoms with van der Waals surface area (Å²) in [5.41, 5.74) is 1.90. The first kappa shape index (κ1) is 12.2. The smallest absolute Gasteiger partial charge is 0.123 e. The van der Waals surface area contributed by atoms with Crippen LogP contribution < -0.4 is 0 Å². The van der Waals surface area contributed by atoms with Crippen LogP contribution in [0.25, 0.3) is 0 Å². The number of likely N-dealkylation sites (tertiary alicyclic amines) is 1. The molecule has 98 valence electrons. The van der Waals surface area contributed by atoms with E-state index in [-0.39, 0.29) is 5.82 Å². The van der Waals surface area contributed by atoms with E-state index < -0.39 is 0 Å². The molecule has 1 aromatic rings. The highest BCUT2D eigenvalue weighted by Crippen LogP contribution is 2.53. The predicted molar refractivity (Wildman–Crippen MR) is 71.7 cm³/mol. The van der Waals surface area contributed by atoms with Crippen molar-refractivity contribution in [2.24, 2.45) is 11.3 Å². The monoisotopic (exact) mass is 247 g/mol. The quantitative estimate of drug-likeness (QED) is 0.781. The van der Waals surface area contributed by atoms with Gasteiger partial charge in [-0.25, -0.2) is 4.39 Å². The van der Waals surface area contributed by atoms with E-state index in [1.54, 1.807) is 12.1 Å². The zero-order chi connectivity index (χ0) is 12.6. The van der Waals surface area contributed by atoms with Crippen molar-refractivity contribution in [2.45, 2.75) is 39.2 Å². The van der Waals surface area contributed by atoms with Crippen LogP contribution in [0.1, 0.15) is 38.2 Å². The summed E-state index contributed by atoms with van der Waals surface area (Å²) in [6.45, 7) is 5.78. The zero-order valence-corrected chi connectivity index (χ0v) is 11.2. The summed E-state index contributed by atoms with van der Waals surface area (Å²) in [4.78, 5) is 2.50. The Balaban J connectivity index is 1.45. The van der Waals surface area contributed by atoms with E-state index in [1.165, 1.54) is 44.3 Å². The largest absolute Gasteiger partial charge is 0.298 e. The Morgan fingerprint density at radius 1 is 1.22 bits per heavy atom. The number of hydrogen-bond donors (Lipinski definition) is 0. The van der Waals surface area contributed by atoms with Gasteiger partial charge >= 0.3 is 0 Å². The van der Waals surface area contributed by atoms with Crippen LogP contribution in [0.4, 0.5) is 4.39 Å². The van der Waals surface area contributed by atoms with Gasteiger partial charge in [-0.1, -0.05) is 31.9 Å². The van der Waals surface area contributed by atoms with Crippen molar-refractivity contribution >= 4 is 0 Å². The second-order valence-electron chi connectivity index (χ2n) is 6.33. The standard InChI is InChI=1S/C16H22FN/c1-2-3-14-8-16(9-14)11-18(12-16)10-13-4-6-15(17)7-5-13/h4-7,14H,2-3,8-12H2,1H3. The first-order valence-electron chi connectivity index (χ1n) is 7.16. The van der Waals surface area contributed by atoms with Crippen LogP contribution in [0.15, 0.2) is 24.3 Å². The summed E-state index contributed by atoms with van der Waals surface area (Å²) < 4.78 is 12.8. The average Bonchev–Trinajstić information content (AvgIpc) is 2.26. The molecule has 0 bridgehead atoms. The fraction of sp³-hybridized carbons (Fsp3) is 0.625. The molecule has 1 saturated heterocycles. The Kier molecular flexibility index (Phi) is 3.14. The molecule has 2 aliphatic rings. The minimum Gasteiger partial charge on any atom is -0.298 e. The van der Waals surface area contributed by atoms with Crippen LogP contribution >= 0.6 is 0 Å². The summed E-state index contributed by atoms with van der Waals surface area (Å²) in [6.07, 6.45) is 5.64. The summed E-state index contributed by atoms with van der Waals surface area (Å²) in [5, 5.41) is 0. The predicted octanol–water partition coefficient (Wildman–Crippen LogP) is 3.84. The molecule has 0 atom stereocenters. The maximum Gasteiger partial charge on any atom is 0.123 e. The Morgan fingerprint density at radius 3 is 2.50 bits per heavy atom. The number of hydrogen-bond acceptors (Lipinski definition) is 1. The number of benzene rings is 1. The minimum atomic E-state index is -0.139. The van der Waals surface area contributed by atoms with E-state index in [0.717, 1.165) is 12.5 Å². The second-order valence-corrected chi connectivity index (χ2v) is 6.33. The first-order valence-corrected chi connectivity index (χ1v) is 7.16. The molecule has 1 heterocycles. The molecule has 2 heteroatoms. The molecule has 0 N–H and O–H groups in total. The molecule has 0 unspecified atom stereocenters. The molecule has 0 radical (unpaired) electrons. The Hall–Kier alpha value is -0.890. The highest BCUT2D eigenvalue weighted by Gasteiger charge is 2.51. The number of nitrogens with zero attached hydrogens (tertiary/aromatic N) is 1. The third-order valence-corrected chi connectivity index (χ3v) is 4.58. The van der Waals surface area contributed by atoms with E-state index in [4.69, 9.17) is 0 Å². The molecule has 1 nitrogen and oxygen atoms in total. The lowest BCUT2D eigenvalue weighted by Crippen LogP contribution is -2.61. The van der Waals surface area contributed by atoms with Crippen LogP contribution in [-0.4, -0.2) is 18.0 Å². The molecular weight excluding hydrogens is 225 g/mol. The van der Waals surface area contributed by atoms with Crippen molar-refractivity contribution in [1.82, 2.24) is 4.90 Å². The van der Waals surface area contributed by atoms with E-state index in [9.17, 15) is 4.39 Å². The van der Waals surface area contributed by atoms with Crippen LogP contribution in [0.5, 0.6) is 0 Å². The van der Waals surface area contributed by atoms with Gasteiger partial charge in [0.05, 0.1) is 0 Å². The fourth-order valence-electron chi connectivity index (χ4n) is 3.90. The van der Waals surface area contributed by atoms with E-state index in [0.29, 0.717) is 5.41 Å². The minimum absolute atomic E-state index is 0.139. The van der Waals surface area contributed by atoms with Gasteiger partial charge in [0.25, 0.3) is 0 Å². The van der Waals surface area contributed by atoms with E-state index in [1.807, 2.05) is 12.1 Å². The second kappa shape index (κ2) is 4.65. The SMILES string of the molecule is CCCC1CC2(C1)CN(Cc1ccc(F)cc1)C2. The van der Waals surface area contributed by atoms with E-state index >= 15 is 0 Å². The molecule has 1 aliphatic carbocycles. The highest BCUT2D eigenvalue weighted by molar-refractivity contribution is 5.17. The molecule has 3 rings (SSSR count). The Bertz CT molecular complexity index is 398. The summed E-state index contributed by atoms with van der Waals surface area (Å²) in [6, 6.07) is 6.93. The lowest BCUT2D eigenvalue weighted by atomic mass is 9.57. The topological polar surface area (TPSA) is 3.24 Å². The Labute approximate surface area is 109 Å². The normalized spacial score (nSPS) is 22.8. The summed E-state index contributed by atoms with van der Waals surface area (Å²) >= 11 is 0. The lowest BCUT2D eigenvalue weighted by Gasteiger charge is -2.59. The van der Waals surface area contributed by atoms with Gasteiger partial charge in [-0.2, -0.15) is 0 Å². The van der Waals surface area contributed by atoms with Gasteiger partial charge in [-0.05, 0) is 41.9 Å². The van der Waals surface area contributed by atoms with Gasteiger partial charge in [-0.15, -0.1) is 0 Å². The molecule has 2 fully saturated rings. The maximum atomic E-state index is 12.8. The van der Waals surface area contributed by atoms with Gasteiger partial charge < -0.3 is 0 Å². The third kappa shape index (κ3) is 2.31. The van der Waals surface area contributed by atoms with Gasteiger partial charge in [0.15, 0.2) is 0 Å². The van der Waals surface area contributed by atoms with Crippen molar-refractivity contribution in [3.05, 3.63) is 35.6 Å². The molecular formula is C16H22FN. The van der Waals surface area contributed by atoms with Gasteiger partial charge in [0, 0.05) is 19.6 Å². The fourth-order valence-corrected chi connectivity index (χ4v) is 3.90. The third-order valence-electron chi connectivity index (χ3n) is 4.58. The van der Waals surface area contributed by atoms with Crippen LogP contribution in [-0.2, 0) is 6.54 Å². The molecule has 1 aliphatic heterocycles. The molecule has 1 spiro atoms. The molecule has 0 amide bonds. The van der Waals surface area contributed by atoms with Gasteiger partial charge in [0.1, 0.15) is 5.82 Å². The zero-order valence-electron chi connectivity index (χ0n) is 11.2. The van der Waals surface area contributed by atoms with Gasteiger partial charge in [0.2, 0.25) is 0 Å². The number of halogens is 1. The lowest BCUT2D eigenvalue weighted by molar-refractivity contribution is -0.0999. The molecule has 18 heavy (non-hydrogen) atoms. The number of rotatable bonds is 4. The van der Waals surface area contributed by atoms with Crippen molar-refractivity contribution in [1.29, 1.82) is 0 Å². The Morgan fingerprint density at radius 2 is 1.89 bits per heavy atom. The highest BCUT2D eigenvalue weighted by atomic mass is 19.1. The maximum absolute atomic E-state index is 12.8. The van der Waals surface area contributed by atoms with Crippen molar-refractivity contribution in [2.75, 3.05) is 13.1 Å². The van der Waals surface area contributed by atoms with Gasteiger partial charge in [-0.3, -0.25) is 4.90 Å². The first-order chi connectivity index (χ1) is 8.69. The summed E-state index contributed by atoms with van der Waals surface area (Å²) in [5.74, 6) is 0.864. The van der Waals surface area contributed by atoms with Crippen molar-refractivity contribution in [3.8, 4) is 0 Å². The average molecular weight is 247 g/mol. The summed E-state index contributed by atoms with van der Waals surface area (Å²) in [7, 11) is 0. The molecule has 1 saturated carbocycles. The molecule has 1 aromatic carbocycles. The van der Waals surface area contributed by atoms with Crippen LogP contribution in [0, 0.1) is 17.2 Å². The van der Waals surface area contributed by atoms with Crippen LogP contribution in [0.3, 0.4) is 0 Å².